The van der Waals surface area contributed by atoms with E-state index < -0.39 is 7.75 Å². The van der Waals surface area contributed by atoms with Gasteiger partial charge in [-0.2, -0.15) is 0 Å². The Bertz CT molecular complexity index is 728. The van der Waals surface area contributed by atoms with Crippen molar-refractivity contribution < 1.29 is 13.6 Å². The van der Waals surface area contributed by atoms with E-state index in [1.54, 1.807) is 13.8 Å². The van der Waals surface area contributed by atoms with Crippen LogP contribution in [0.4, 0.5) is 5.69 Å². The lowest BCUT2D eigenvalue weighted by Gasteiger charge is -2.24. The number of anilines is 1. The van der Waals surface area contributed by atoms with Crippen molar-refractivity contribution in [2.45, 2.75) is 40.0 Å². The van der Waals surface area contributed by atoms with Crippen LogP contribution in [-0.2, 0) is 19.0 Å². The van der Waals surface area contributed by atoms with Gasteiger partial charge in [-0.15, -0.1) is 0 Å². The van der Waals surface area contributed by atoms with Crippen LogP contribution in [0, 0.1) is 0 Å². The molecule has 2 aromatic carbocycles. The molecule has 0 saturated carbocycles. The van der Waals surface area contributed by atoms with Crippen LogP contribution in [0.3, 0.4) is 0 Å². The molecule has 0 unspecified atom stereocenters. The maximum Gasteiger partial charge on any atom is 0.432 e. The van der Waals surface area contributed by atoms with Crippen LogP contribution in [0.1, 0.15) is 40.2 Å². The summed E-state index contributed by atoms with van der Waals surface area (Å²) >= 11 is 0. The molecule has 0 amide bonds. The number of benzene rings is 2. The summed E-state index contributed by atoms with van der Waals surface area (Å²) in [6.07, 6.45) is 0. The Balaban J connectivity index is 2.52. The summed E-state index contributed by atoms with van der Waals surface area (Å²) in [6.45, 7) is 10.7. The second kappa shape index (κ2) is 8.18. The van der Waals surface area contributed by atoms with Crippen LogP contribution in [-0.4, -0.2) is 13.2 Å². The number of nitrogens with one attached hydrogen (secondary N) is 1. The van der Waals surface area contributed by atoms with Crippen LogP contribution in [0.15, 0.2) is 48.5 Å². The zero-order chi connectivity index (χ0) is 18.5. The minimum atomic E-state index is -3.39. The highest BCUT2D eigenvalue weighted by atomic mass is 31.2. The molecule has 5 heteroatoms. The zero-order valence-corrected chi connectivity index (χ0v) is 16.6. The lowest BCUT2D eigenvalue weighted by atomic mass is 9.85. The molecule has 0 aromatic heterocycles. The topological polar surface area (TPSA) is 47.6 Å². The van der Waals surface area contributed by atoms with Crippen molar-refractivity contribution in [2.24, 2.45) is 0 Å². The van der Waals surface area contributed by atoms with Crippen molar-refractivity contribution in [3.8, 4) is 11.1 Å². The van der Waals surface area contributed by atoms with E-state index in [0.717, 1.165) is 16.8 Å². The first-order chi connectivity index (χ1) is 11.8. The molecule has 0 radical (unpaired) electrons. The second-order valence-corrected chi connectivity index (χ2v) is 8.56. The summed E-state index contributed by atoms with van der Waals surface area (Å²) in [4.78, 5) is 0. The highest BCUT2D eigenvalue weighted by Gasteiger charge is 2.26. The molecule has 0 aliphatic heterocycles. The van der Waals surface area contributed by atoms with E-state index in [9.17, 15) is 4.57 Å². The summed E-state index contributed by atoms with van der Waals surface area (Å²) in [5, 5.41) is 3.01. The van der Waals surface area contributed by atoms with Crippen molar-refractivity contribution in [1.82, 2.24) is 0 Å². The smallest absolute Gasteiger partial charge is 0.293 e. The normalized spacial score (nSPS) is 12.2. The lowest BCUT2D eigenvalue weighted by Crippen LogP contribution is -2.12. The first-order valence-electron chi connectivity index (χ1n) is 8.66. The highest BCUT2D eigenvalue weighted by molar-refractivity contribution is 7.55. The molecule has 0 atom stereocenters. The van der Waals surface area contributed by atoms with Gasteiger partial charge in [0.05, 0.1) is 18.9 Å². The Morgan fingerprint density at radius 1 is 0.960 bits per heavy atom. The second-order valence-electron chi connectivity index (χ2n) is 6.82. The van der Waals surface area contributed by atoms with Gasteiger partial charge >= 0.3 is 7.75 Å². The average Bonchev–Trinajstić information content (AvgIpc) is 2.55. The fourth-order valence-electron chi connectivity index (χ4n) is 2.55. The maximum atomic E-state index is 12.9. The first kappa shape index (κ1) is 19.7. The van der Waals surface area contributed by atoms with E-state index in [4.69, 9.17) is 9.05 Å². The molecule has 25 heavy (non-hydrogen) atoms. The van der Waals surface area contributed by atoms with Crippen molar-refractivity contribution in [1.29, 1.82) is 0 Å². The van der Waals surface area contributed by atoms with E-state index in [2.05, 4.69) is 38.0 Å². The van der Waals surface area contributed by atoms with E-state index >= 15 is 0 Å². The van der Waals surface area contributed by atoms with Crippen LogP contribution in [0.5, 0.6) is 0 Å². The fraction of sp³-hybridized carbons (Fsp3) is 0.400. The van der Waals surface area contributed by atoms with Crippen molar-refractivity contribution in [3.63, 3.8) is 0 Å². The van der Waals surface area contributed by atoms with Gasteiger partial charge in [0.15, 0.2) is 0 Å². The molecular weight excluding hydrogens is 333 g/mol. The number of hydrogen-bond donors (Lipinski definition) is 1. The minimum absolute atomic E-state index is 0.0194. The highest BCUT2D eigenvalue weighted by Crippen LogP contribution is 2.49. The molecule has 136 valence electrons. The molecular formula is C20H28NO3P. The predicted octanol–water partition coefficient (Wildman–Crippen LogP) is 6.24. The third-order valence-electron chi connectivity index (χ3n) is 3.83. The van der Waals surface area contributed by atoms with Gasteiger partial charge in [-0.1, -0.05) is 57.2 Å². The van der Waals surface area contributed by atoms with Gasteiger partial charge in [-0.3, -0.25) is 14.1 Å². The molecule has 0 saturated heterocycles. The van der Waals surface area contributed by atoms with Crippen molar-refractivity contribution in [2.75, 3.05) is 18.3 Å². The molecule has 1 N–H and O–H groups in total. The molecule has 0 heterocycles. The molecule has 0 aliphatic carbocycles. The fourth-order valence-corrected chi connectivity index (χ4v) is 3.93. The molecule has 2 aromatic rings. The summed E-state index contributed by atoms with van der Waals surface area (Å²) in [6, 6.07) is 16.2. The maximum absolute atomic E-state index is 12.9. The van der Waals surface area contributed by atoms with E-state index in [1.807, 2.05) is 36.4 Å². The standard InChI is InChI=1S/C20H28NO3P/c1-6-23-25(22,24-7-2)21-19-14-13-17(20(3,4)5)15-18(19)16-11-9-8-10-12-16/h8-15H,6-7H2,1-5H3,(H,21,22). The van der Waals surface area contributed by atoms with Crippen molar-refractivity contribution >= 4 is 13.4 Å². The Labute approximate surface area is 151 Å². The zero-order valence-electron chi connectivity index (χ0n) is 15.7. The Hall–Kier alpha value is -1.61. The summed E-state index contributed by atoms with van der Waals surface area (Å²) in [5.41, 5.74) is 4.00. The third kappa shape index (κ3) is 5.18. The van der Waals surface area contributed by atoms with Gasteiger partial charge in [0, 0.05) is 5.56 Å². The molecule has 0 aliphatic rings. The van der Waals surface area contributed by atoms with Crippen LogP contribution in [0.2, 0.25) is 0 Å². The summed E-state index contributed by atoms with van der Waals surface area (Å²) in [5.74, 6) is 0. The van der Waals surface area contributed by atoms with Crippen LogP contribution in [0.25, 0.3) is 11.1 Å². The number of rotatable bonds is 7. The molecule has 2 rings (SSSR count). The Morgan fingerprint density at radius 2 is 1.56 bits per heavy atom. The van der Waals surface area contributed by atoms with Crippen LogP contribution < -0.4 is 5.09 Å². The van der Waals surface area contributed by atoms with Gasteiger partial charge in [-0.25, -0.2) is 4.57 Å². The van der Waals surface area contributed by atoms with Gasteiger partial charge in [-0.05, 0) is 42.5 Å². The minimum Gasteiger partial charge on any atom is -0.293 e. The molecule has 4 nitrogen and oxygen atoms in total. The molecule has 0 bridgehead atoms. The van der Waals surface area contributed by atoms with Gasteiger partial charge in [0.2, 0.25) is 0 Å². The van der Waals surface area contributed by atoms with E-state index in [0.29, 0.717) is 13.2 Å². The summed E-state index contributed by atoms with van der Waals surface area (Å²) in [7, 11) is -3.39. The van der Waals surface area contributed by atoms with E-state index in [-0.39, 0.29) is 5.41 Å². The molecule has 0 fully saturated rings. The van der Waals surface area contributed by atoms with Gasteiger partial charge < -0.3 is 0 Å². The molecule has 0 spiro atoms. The Kier molecular flexibility index (Phi) is 6.45. The SMILES string of the molecule is CCOP(=O)(Nc1ccc(C(C)(C)C)cc1-c1ccccc1)OCC. The first-order valence-corrected chi connectivity index (χ1v) is 10.2. The van der Waals surface area contributed by atoms with Gasteiger partial charge in [0.25, 0.3) is 0 Å². The largest absolute Gasteiger partial charge is 0.432 e. The number of hydrogen-bond acceptors (Lipinski definition) is 3. The van der Waals surface area contributed by atoms with Crippen molar-refractivity contribution in [3.05, 3.63) is 54.1 Å². The predicted molar refractivity (Wildman–Crippen MR) is 105 cm³/mol. The average molecular weight is 361 g/mol. The van der Waals surface area contributed by atoms with Crippen LogP contribution >= 0.6 is 7.75 Å². The van der Waals surface area contributed by atoms with E-state index in [1.165, 1.54) is 5.56 Å². The quantitative estimate of drug-likeness (QED) is 0.593. The lowest BCUT2D eigenvalue weighted by molar-refractivity contribution is 0.225. The van der Waals surface area contributed by atoms with Gasteiger partial charge in [0.1, 0.15) is 0 Å². The monoisotopic (exact) mass is 361 g/mol. The Morgan fingerprint density at radius 3 is 2.08 bits per heavy atom. The third-order valence-corrected chi connectivity index (χ3v) is 5.54. The summed E-state index contributed by atoms with van der Waals surface area (Å²) < 4.78 is 23.7.